The van der Waals surface area contributed by atoms with Crippen molar-refractivity contribution in [2.75, 3.05) is 19.6 Å². The Hall–Kier alpha value is -1.61. The van der Waals surface area contributed by atoms with Gasteiger partial charge in [0.15, 0.2) is 12.6 Å². The van der Waals surface area contributed by atoms with Gasteiger partial charge in [-0.1, -0.05) is 13.8 Å². The van der Waals surface area contributed by atoms with Gasteiger partial charge in [-0.05, 0) is 33.6 Å². The van der Waals surface area contributed by atoms with Gasteiger partial charge in [0.25, 0.3) is 11.8 Å². The summed E-state index contributed by atoms with van der Waals surface area (Å²) in [6.07, 6.45) is 0. The van der Waals surface area contributed by atoms with Crippen molar-refractivity contribution in [1.82, 2.24) is 10.6 Å². The lowest BCUT2D eigenvalue weighted by atomic mass is 9.89. The van der Waals surface area contributed by atoms with Crippen LogP contribution in [0.4, 0.5) is 0 Å². The third kappa shape index (κ3) is 5.72. The molecule has 0 fully saturated rings. The Morgan fingerprint density at radius 3 is 2.24 bits per heavy atom. The molecule has 3 atom stereocenters. The van der Waals surface area contributed by atoms with E-state index in [4.69, 9.17) is 0 Å². The van der Waals surface area contributed by atoms with E-state index in [1.54, 1.807) is 13.8 Å². The molecule has 6 nitrogen and oxygen atoms in total. The maximum Gasteiger partial charge on any atom is 0.279 e. The van der Waals surface area contributed by atoms with Crippen LogP contribution in [0.5, 0.6) is 0 Å². The molecular weight excluding hydrogens is 268 g/mol. The number of carbonyl (C=O) groups excluding carboxylic acids is 2. The third-order valence-corrected chi connectivity index (χ3v) is 3.99. The lowest BCUT2D eigenvalue weighted by molar-refractivity contribution is -0.904. The number of amides is 2. The van der Waals surface area contributed by atoms with Gasteiger partial charge in [-0.2, -0.15) is 5.26 Å². The van der Waals surface area contributed by atoms with Gasteiger partial charge in [-0.3, -0.25) is 9.59 Å². The molecule has 0 aromatic heterocycles. The minimum absolute atomic E-state index is 0.00659. The van der Waals surface area contributed by atoms with Crippen LogP contribution in [0.25, 0.3) is 0 Å². The molecule has 0 bridgehead atoms. The van der Waals surface area contributed by atoms with Gasteiger partial charge in [0.05, 0.1) is 12.6 Å². The monoisotopic (exact) mass is 297 g/mol. The normalized spacial score (nSPS) is 16.5. The van der Waals surface area contributed by atoms with Crippen LogP contribution in [0.15, 0.2) is 0 Å². The van der Waals surface area contributed by atoms with Crippen LogP contribution in [-0.2, 0) is 9.59 Å². The molecule has 0 rings (SSSR count). The number of hydrogen-bond acceptors (Lipinski definition) is 3. The number of quaternary nitrogens is 1. The maximum absolute atomic E-state index is 12.3. The molecule has 120 valence electrons. The second kappa shape index (κ2) is 8.63. The Kier molecular flexibility index (Phi) is 7.97. The highest BCUT2D eigenvalue weighted by atomic mass is 16.2. The first-order valence-electron chi connectivity index (χ1n) is 7.56. The SMILES string of the molecule is CCNC(=O)C[NH+](CC)[C@H](C)C(=O)N[C@@](C)(C#N)C(C)C. The van der Waals surface area contributed by atoms with Crippen LogP contribution in [0.3, 0.4) is 0 Å². The van der Waals surface area contributed by atoms with Crippen molar-refractivity contribution in [1.29, 1.82) is 5.26 Å². The fourth-order valence-electron chi connectivity index (χ4n) is 1.90. The van der Waals surface area contributed by atoms with Crippen LogP contribution in [0.1, 0.15) is 41.5 Å². The summed E-state index contributed by atoms with van der Waals surface area (Å²) in [5, 5.41) is 14.8. The Morgan fingerprint density at radius 2 is 1.86 bits per heavy atom. The Balaban J connectivity index is 4.81. The molecule has 3 N–H and O–H groups in total. The largest absolute Gasteiger partial charge is 0.351 e. The topological polar surface area (TPSA) is 86.4 Å². The molecule has 0 saturated carbocycles. The zero-order valence-electron chi connectivity index (χ0n) is 14.0. The predicted octanol–water partition coefficient (Wildman–Crippen LogP) is -0.530. The van der Waals surface area contributed by atoms with Crippen LogP contribution in [0, 0.1) is 17.2 Å². The summed E-state index contributed by atoms with van der Waals surface area (Å²) in [5.74, 6) is -0.262. The number of nitrogens with zero attached hydrogens (tertiary/aromatic N) is 1. The summed E-state index contributed by atoms with van der Waals surface area (Å²) < 4.78 is 0. The zero-order valence-corrected chi connectivity index (χ0v) is 14.0. The van der Waals surface area contributed by atoms with Gasteiger partial charge in [0.1, 0.15) is 5.54 Å². The Morgan fingerprint density at radius 1 is 1.29 bits per heavy atom. The first-order valence-corrected chi connectivity index (χ1v) is 7.56. The molecular formula is C15H29N4O2+. The van der Waals surface area contributed by atoms with E-state index < -0.39 is 5.54 Å². The number of nitrogens with one attached hydrogen (secondary N) is 3. The number of carbonyl (C=O) groups is 2. The maximum atomic E-state index is 12.3. The van der Waals surface area contributed by atoms with Crippen LogP contribution in [0.2, 0.25) is 0 Å². The molecule has 2 amide bonds. The second-order valence-electron chi connectivity index (χ2n) is 5.82. The van der Waals surface area contributed by atoms with Crippen molar-refractivity contribution in [3.63, 3.8) is 0 Å². The Labute approximate surface area is 127 Å². The highest BCUT2D eigenvalue weighted by molar-refractivity contribution is 5.82. The number of likely N-dealkylation sites (N-methyl/N-ethyl adjacent to an activating group) is 2. The quantitative estimate of drug-likeness (QED) is 0.563. The standard InChI is InChI=1S/C15H28N4O2/c1-7-17-13(20)9-19(8-2)12(5)14(21)18-15(6,10-16)11(3)4/h11-12H,7-9H2,1-6H3,(H,17,20)(H,18,21)/p+1/t12-,15+/m1/s1. The summed E-state index contributed by atoms with van der Waals surface area (Å²) in [6.45, 7) is 12.6. The Bertz CT molecular complexity index is 403. The molecule has 0 radical (unpaired) electrons. The number of hydrogen-bond donors (Lipinski definition) is 3. The highest BCUT2D eigenvalue weighted by Crippen LogP contribution is 2.14. The van der Waals surface area contributed by atoms with E-state index in [1.807, 2.05) is 27.7 Å². The lowest BCUT2D eigenvalue weighted by Crippen LogP contribution is -3.17. The second-order valence-corrected chi connectivity index (χ2v) is 5.82. The summed E-state index contributed by atoms with van der Waals surface area (Å²) in [7, 11) is 0. The molecule has 0 spiro atoms. The van der Waals surface area contributed by atoms with Crippen LogP contribution in [-0.4, -0.2) is 43.0 Å². The smallest absolute Gasteiger partial charge is 0.279 e. The summed E-state index contributed by atoms with van der Waals surface area (Å²) in [4.78, 5) is 24.9. The van der Waals surface area contributed by atoms with Crippen molar-refractivity contribution < 1.29 is 14.5 Å². The molecule has 0 aromatic rings. The summed E-state index contributed by atoms with van der Waals surface area (Å²) in [6, 6.07) is 1.78. The zero-order chi connectivity index (χ0) is 16.6. The first kappa shape index (κ1) is 19.4. The minimum atomic E-state index is -0.893. The fourth-order valence-corrected chi connectivity index (χ4v) is 1.90. The molecule has 0 aromatic carbocycles. The summed E-state index contributed by atoms with van der Waals surface area (Å²) in [5.41, 5.74) is -0.893. The molecule has 21 heavy (non-hydrogen) atoms. The van der Waals surface area contributed by atoms with Gasteiger partial charge in [0, 0.05) is 6.54 Å². The van der Waals surface area contributed by atoms with E-state index in [2.05, 4.69) is 16.7 Å². The van der Waals surface area contributed by atoms with Crippen molar-refractivity contribution in [3.05, 3.63) is 0 Å². The van der Waals surface area contributed by atoms with E-state index >= 15 is 0 Å². The lowest BCUT2D eigenvalue weighted by Gasteiger charge is -2.30. The van der Waals surface area contributed by atoms with Crippen molar-refractivity contribution in [2.45, 2.75) is 53.1 Å². The average molecular weight is 297 g/mol. The van der Waals surface area contributed by atoms with E-state index in [-0.39, 0.29) is 30.3 Å². The molecule has 0 aliphatic heterocycles. The summed E-state index contributed by atoms with van der Waals surface area (Å²) >= 11 is 0. The third-order valence-electron chi connectivity index (χ3n) is 3.99. The first-order chi connectivity index (χ1) is 9.71. The van der Waals surface area contributed by atoms with E-state index in [0.29, 0.717) is 13.1 Å². The van der Waals surface area contributed by atoms with E-state index in [9.17, 15) is 14.9 Å². The van der Waals surface area contributed by atoms with Gasteiger partial charge >= 0.3 is 0 Å². The van der Waals surface area contributed by atoms with Crippen molar-refractivity contribution in [3.8, 4) is 6.07 Å². The average Bonchev–Trinajstić information content (AvgIpc) is 2.43. The molecule has 6 heteroatoms. The minimum Gasteiger partial charge on any atom is -0.351 e. The molecule has 0 aliphatic rings. The number of rotatable bonds is 8. The van der Waals surface area contributed by atoms with E-state index in [0.717, 1.165) is 4.90 Å². The van der Waals surface area contributed by atoms with Gasteiger partial charge in [-0.25, -0.2) is 0 Å². The predicted molar refractivity (Wildman–Crippen MR) is 81.5 cm³/mol. The highest BCUT2D eigenvalue weighted by Gasteiger charge is 2.34. The van der Waals surface area contributed by atoms with Crippen LogP contribution < -0.4 is 15.5 Å². The van der Waals surface area contributed by atoms with Crippen molar-refractivity contribution in [2.24, 2.45) is 5.92 Å². The van der Waals surface area contributed by atoms with Gasteiger partial charge in [0.2, 0.25) is 0 Å². The fraction of sp³-hybridized carbons (Fsp3) is 0.800. The molecule has 1 unspecified atom stereocenters. The van der Waals surface area contributed by atoms with Crippen LogP contribution >= 0.6 is 0 Å². The molecule has 0 heterocycles. The van der Waals surface area contributed by atoms with Gasteiger partial charge in [-0.15, -0.1) is 0 Å². The molecule has 0 saturated heterocycles. The van der Waals surface area contributed by atoms with Gasteiger partial charge < -0.3 is 15.5 Å². The molecule has 0 aliphatic carbocycles. The van der Waals surface area contributed by atoms with Crippen molar-refractivity contribution >= 4 is 11.8 Å². The number of nitriles is 1. The van der Waals surface area contributed by atoms with E-state index in [1.165, 1.54) is 0 Å².